The highest BCUT2D eigenvalue weighted by Crippen LogP contribution is 2.26. The molecule has 126 valence electrons. The van der Waals surface area contributed by atoms with Crippen LogP contribution in [0.2, 0.25) is 0 Å². The maximum atomic E-state index is 12.6. The lowest BCUT2D eigenvalue weighted by Crippen LogP contribution is -2.20. The van der Waals surface area contributed by atoms with Gasteiger partial charge in [0.05, 0.1) is 17.4 Å². The number of nitrogens with zero attached hydrogens (tertiary/aromatic N) is 2. The van der Waals surface area contributed by atoms with Crippen LogP contribution in [0.4, 0.5) is 13.2 Å². The molecule has 1 N–H and O–H groups in total. The Morgan fingerprint density at radius 3 is 2.54 bits per heavy atom. The number of aromatic amines is 1. The van der Waals surface area contributed by atoms with Gasteiger partial charge in [-0.1, -0.05) is 12.1 Å². The Hall–Kier alpha value is -2.67. The van der Waals surface area contributed by atoms with Gasteiger partial charge in [-0.15, -0.1) is 0 Å². The number of hydrogen-bond donors (Lipinski definition) is 1. The summed E-state index contributed by atoms with van der Waals surface area (Å²) in [7, 11) is -3.90. The lowest BCUT2D eigenvalue weighted by Gasteiger charge is -2.08. The van der Waals surface area contributed by atoms with Crippen LogP contribution in [-0.2, 0) is 27.5 Å². The predicted octanol–water partition coefficient (Wildman–Crippen LogP) is 1.78. The van der Waals surface area contributed by atoms with Gasteiger partial charge in [0.1, 0.15) is 11.6 Å². The molecule has 0 atom stereocenters. The molecule has 2 aromatic rings. The molecule has 10 heteroatoms. The minimum absolute atomic E-state index is 0.256. The van der Waals surface area contributed by atoms with Crippen LogP contribution in [0, 0.1) is 11.3 Å². The van der Waals surface area contributed by atoms with Crippen LogP contribution in [0.3, 0.4) is 0 Å². The van der Waals surface area contributed by atoms with E-state index in [0.29, 0.717) is 5.56 Å². The number of alkyl halides is 3. The SMILES string of the molecule is N#Cc1cccc(CS(=O)(=O)Cc2nc(C(F)(F)F)cc(=O)[nH]2)c1. The van der Waals surface area contributed by atoms with Gasteiger partial charge in [0, 0.05) is 6.07 Å². The molecule has 0 unspecified atom stereocenters. The van der Waals surface area contributed by atoms with E-state index in [1.807, 2.05) is 11.1 Å². The van der Waals surface area contributed by atoms with E-state index in [2.05, 4.69) is 4.98 Å². The summed E-state index contributed by atoms with van der Waals surface area (Å²) in [5, 5.41) is 8.78. The van der Waals surface area contributed by atoms with E-state index in [4.69, 9.17) is 5.26 Å². The molecule has 1 heterocycles. The number of nitrogens with one attached hydrogen (secondary N) is 1. The highest BCUT2D eigenvalue weighted by molar-refractivity contribution is 7.89. The first-order valence-corrected chi connectivity index (χ1v) is 8.28. The molecule has 0 aliphatic carbocycles. The molecule has 0 spiro atoms. The number of rotatable bonds is 4. The predicted molar refractivity (Wildman–Crippen MR) is 77.3 cm³/mol. The van der Waals surface area contributed by atoms with Crippen LogP contribution in [0.1, 0.15) is 22.6 Å². The van der Waals surface area contributed by atoms with E-state index in [1.54, 1.807) is 0 Å². The van der Waals surface area contributed by atoms with Crippen molar-refractivity contribution in [1.29, 1.82) is 5.26 Å². The fourth-order valence-corrected chi connectivity index (χ4v) is 3.31. The van der Waals surface area contributed by atoms with Gasteiger partial charge in [-0.05, 0) is 17.7 Å². The first-order chi connectivity index (χ1) is 11.1. The van der Waals surface area contributed by atoms with Gasteiger partial charge < -0.3 is 4.98 Å². The average molecular weight is 357 g/mol. The third kappa shape index (κ3) is 4.66. The first-order valence-electron chi connectivity index (χ1n) is 6.46. The standard InChI is InChI=1S/C14H10F3N3O3S/c15-14(16,17)11-5-13(21)20-12(19-11)8-24(22,23)7-10-3-1-2-9(4-10)6-18/h1-5H,7-8H2,(H,19,20,21). The monoisotopic (exact) mass is 357 g/mol. The number of benzene rings is 1. The number of H-pyrrole nitrogens is 1. The summed E-state index contributed by atoms with van der Waals surface area (Å²) < 4.78 is 62.1. The normalized spacial score (nSPS) is 11.9. The molecule has 0 aliphatic rings. The smallest absolute Gasteiger partial charge is 0.310 e. The van der Waals surface area contributed by atoms with Crippen LogP contribution >= 0.6 is 0 Å². The van der Waals surface area contributed by atoms with Crippen molar-refractivity contribution in [2.45, 2.75) is 17.7 Å². The fourth-order valence-electron chi connectivity index (χ4n) is 1.97. The lowest BCUT2D eigenvalue weighted by atomic mass is 10.2. The number of aromatic nitrogens is 2. The molecular weight excluding hydrogens is 347 g/mol. The van der Waals surface area contributed by atoms with Crippen molar-refractivity contribution in [3.05, 3.63) is 63.3 Å². The summed E-state index contributed by atoms with van der Waals surface area (Å²) >= 11 is 0. The quantitative estimate of drug-likeness (QED) is 0.898. The number of nitriles is 1. The number of sulfone groups is 1. The molecule has 1 aromatic heterocycles. The van der Waals surface area contributed by atoms with Crippen molar-refractivity contribution >= 4 is 9.84 Å². The van der Waals surface area contributed by atoms with Crippen molar-refractivity contribution in [2.24, 2.45) is 0 Å². The van der Waals surface area contributed by atoms with Gasteiger partial charge in [-0.25, -0.2) is 13.4 Å². The van der Waals surface area contributed by atoms with Crippen molar-refractivity contribution < 1.29 is 21.6 Å². The maximum Gasteiger partial charge on any atom is 0.433 e. The van der Waals surface area contributed by atoms with Gasteiger partial charge in [0.2, 0.25) is 0 Å². The van der Waals surface area contributed by atoms with Gasteiger partial charge in [-0.2, -0.15) is 18.4 Å². The molecule has 0 fully saturated rings. The van der Waals surface area contributed by atoms with Crippen LogP contribution in [0.5, 0.6) is 0 Å². The fraction of sp³-hybridized carbons (Fsp3) is 0.214. The molecule has 2 rings (SSSR count). The van der Waals surface area contributed by atoms with Crippen molar-refractivity contribution in [3.63, 3.8) is 0 Å². The molecule has 0 saturated heterocycles. The minimum Gasteiger partial charge on any atom is -0.310 e. The second-order valence-electron chi connectivity index (χ2n) is 4.92. The molecule has 0 aliphatic heterocycles. The summed E-state index contributed by atoms with van der Waals surface area (Å²) in [6.45, 7) is 0. The van der Waals surface area contributed by atoms with Gasteiger partial charge >= 0.3 is 6.18 Å². The van der Waals surface area contributed by atoms with Crippen molar-refractivity contribution in [1.82, 2.24) is 9.97 Å². The van der Waals surface area contributed by atoms with Crippen LogP contribution in [0.25, 0.3) is 0 Å². The van der Waals surface area contributed by atoms with Gasteiger partial charge in [0.25, 0.3) is 5.56 Å². The molecule has 0 saturated carbocycles. The molecule has 6 nitrogen and oxygen atoms in total. The molecular formula is C14H10F3N3O3S. The first kappa shape index (κ1) is 17.7. The largest absolute Gasteiger partial charge is 0.433 e. The summed E-state index contributed by atoms with van der Waals surface area (Å²) in [5.41, 5.74) is -1.98. The Morgan fingerprint density at radius 1 is 1.21 bits per heavy atom. The Kier molecular flexibility index (Phi) is 4.75. The number of hydrogen-bond acceptors (Lipinski definition) is 5. The van der Waals surface area contributed by atoms with Crippen LogP contribution in [-0.4, -0.2) is 18.4 Å². The molecule has 0 amide bonds. The van der Waals surface area contributed by atoms with E-state index in [9.17, 15) is 26.4 Å². The Balaban J connectivity index is 2.28. The van der Waals surface area contributed by atoms with E-state index >= 15 is 0 Å². The topological polar surface area (TPSA) is 104 Å². The summed E-state index contributed by atoms with van der Waals surface area (Å²) in [6.07, 6.45) is -4.85. The maximum absolute atomic E-state index is 12.6. The summed E-state index contributed by atoms with van der Waals surface area (Å²) in [5.74, 6) is -1.95. The zero-order valence-electron chi connectivity index (χ0n) is 12.0. The highest BCUT2D eigenvalue weighted by Gasteiger charge is 2.33. The third-order valence-electron chi connectivity index (χ3n) is 2.88. The van der Waals surface area contributed by atoms with E-state index in [0.717, 1.165) is 0 Å². The Morgan fingerprint density at radius 2 is 1.92 bits per heavy atom. The van der Waals surface area contributed by atoms with E-state index in [1.165, 1.54) is 24.3 Å². The average Bonchev–Trinajstić information content (AvgIpc) is 2.44. The number of halogens is 3. The Bertz CT molecular complexity index is 959. The van der Waals surface area contributed by atoms with E-state index < -0.39 is 44.6 Å². The van der Waals surface area contributed by atoms with Crippen LogP contribution < -0.4 is 5.56 Å². The zero-order valence-corrected chi connectivity index (χ0v) is 12.8. The molecule has 24 heavy (non-hydrogen) atoms. The van der Waals surface area contributed by atoms with E-state index in [-0.39, 0.29) is 11.6 Å². The third-order valence-corrected chi connectivity index (χ3v) is 4.37. The second-order valence-corrected chi connectivity index (χ2v) is 6.98. The molecule has 1 aromatic carbocycles. The lowest BCUT2D eigenvalue weighted by molar-refractivity contribution is -0.141. The second kappa shape index (κ2) is 6.45. The van der Waals surface area contributed by atoms with Crippen molar-refractivity contribution in [3.8, 4) is 6.07 Å². The molecule has 0 radical (unpaired) electrons. The van der Waals surface area contributed by atoms with Gasteiger partial charge in [-0.3, -0.25) is 4.79 Å². The molecule has 0 bridgehead atoms. The summed E-state index contributed by atoms with van der Waals surface area (Å²) in [4.78, 5) is 16.4. The van der Waals surface area contributed by atoms with Crippen LogP contribution in [0.15, 0.2) is 35.1 Å². The van der Waals surface area contributed by atoms with Crippen molar-refractivity contribution in [2.75, 3.05) is 0 Å². The highest BCUT2D eigenvalue weighted by atomic mass is 32.2. The Labute approximate surface area is 134 Å². The van der Waals surface area contributed by atoms with Gasteiger partial charge in [0.15, 0.2) is 15.5 Å². The zero-order chi connectivity index (χ0) is 18.0. The summed E-state index contributed by atoms with van der Waals surface area (Å²) in [6, 6.07) is 7.93. The minimum atomic E-state index is -4.85.